The van der Waals surface area contributed by atoms with Crippen LogP contribution in [0.5, 0.6) is 5.75 Å². The van der Waals surface area contributed by atoms with Gasteiger partial charge in [0, 0.05) is 11.6 Å². The fourth-order valence-corrected chi connectivity index (χ4v) is 2.48. The number of hydrogen-bond acceptors (Lipinski definition) is 3. The molecule has 0 radical (unpaired) electrons. The van der Waals surface area contributed by atoms with Gasteiger partial charge in [-0.05, 0) is 37.1 Å². The fraction of sp³-hybridized carbons (Fsp3) is 0.533. The molecule has 0 saturated heterocycles. The summed E-state index contributed by atoms with van der Waals surface area (Å²) in [6.07, 6.45) is 3.89. The zero-order chi connectivity index (χ0) is 14.4. The van der Waals surface area contributed by atoms with E-state index in [0.717, 1.165) is 25.7 Å². The van der Waals surface area contributed by atoms with E-state index in [1.807, 2.05) is 0 Å². The van der Waals surface area contributed by atoms with E-state index < -0.39 is 5.60 Å². The van der Waals surface area contributed by atoms with Crippen molar-refractivity contribution in [2.24, 2.45) is 0 Å². The number of halogens is 1. The average Bonchev–Trinajstić information content (AvgIpc) is 2.86. The molecule has 5 heteroatoms. The van der Waals surface area contributed by atoms with Crippen LogP contribution < -0.4 is 10.1 Å². The van der Waals surface area contributed by atoms with Crippen LogP contribution in [0.3, 0.4) is 0 Å². The highest BCUT2D eigenvalue weighted by atomic mass is 35.5. The summed E-state index contributed by atoms with van der Waals surface area (Å²) in [5.74, 6) is 0.593. The lowest BCUT2D eigenvalue weighted by molar-refractivity contribution is -0.122. The van der Waals surface area contributed by atoms with E-state index in [9.17, 15) is 9.90 Å². The molecule has 1 aromatic rings. The minimum Gasteiger partial charge on any atom is -0.493 e. The molecule has 0 bridgehead atoms. The molecule has 0 unspecified atom stereocenters. The molecule has 1 saturated carbocycles. The highest BCUT2D eigenvalue weighted by molar-refractivity contribution is 6.30. The van der Waals surface area contributed by atoms with Crippen molar-refractivity contribution in [1.82, 2.24) is 5.32 Å². The summed E-state index contributed by atoms with van der Waals surface area (Å²) >= 11 is 5.77. The van der Waals surface area contributed by atoms with E-state index in [0.29, 0.717) is 23.9 Å². The summed E-state index contributed by atoms with van der Waals surface area (Å²) < 4.78 is 5.45. The SMILES string of the molecule is O=C(CCOc1ccc(Cl)cc1)NCC1(O)CCCC1. The van der Waals surface area contributed by atoms with Crippen molar-refractivity contribution in [3.8, 4) is 5.75 Å². The maximum absolute atomic E-state index is 11.7. The molecule has 0 atom stereocenters. The number of benzene rings is 1. The maximum atomic E-state index is 11.7. The van der Waals surface area contributed by atoms with E-state index in [-0.39, 0.29) is 12.3 Å². The highest BCUT2D eigenvalue weighted by Crippen LogP contribution is 2.28. The Balaban J connectivity index is 1.64. The van der Waals surface area contributed by atoms with E-state index in [4.69, 9.17) is 16.3 Å². The summed E-state index contributed by atoms with van der Waals surface area (Å²) in [4.78, 5) is 11.7. The van der Waals surface area contributed by atoms with Crippen LogP contribution in [0, 0.1) is 0 Å². The minimum absolute atomic E-state index is 0.0979. The quantitative estimate of drug-likeness (QED) is 0.848. The van der Waals surface area contributed by atoms with Crippen molar-refractivity contribution >= 4 is 17.5 Å². The first-order valence-corrected chi connectivity index (χ1v) is 7.33. The zero-order valence-corrected chi connectivity index (χ0v) is 12.2. The smallest absolute Gasteiger partial charge is 0.223 e. The van der Waals surface area contributed by atoms with Gasteiger partial charge in [-0.25, -0.2) is 0 Å². The molecule has 2 N–H and O–H groups in total. The maximum Gasteiger partial charge on any atom is 0.223 e. The van der Waals surface area contributed by atoms with E-state index in [1.165, 1.54) is 0 Å². The molecule has 1 aliphatic rings. The molecule has 1 aromatic carbocycles. The van der Waals surface area contributed by atoms with Gasteiger partial charge < -0.3 is 15.2 Å². The molecular weight excluding hydrogens is 278 g/mol. The molecule has 1 aliphatic carbocycles. The van der Waals surface area contributed by atoms with Crippen LogP contribution in [-0.2, 0) is 4.79 Å². The number of aliphatic hydroxyl groups is 1. The van der Waals surface area contributed by atoms with Crippen LogP contribution in [0.2, 0.25) is 5.02 Å². The summed E-state index contributed by atoms with van der Waals surface area (Å²) in [5.41, 5.74) is -0.702. The van der Waals surface area contributed by atoms with Crippen molar-refractivity contribution in [3.63, 3.8) is 0 Å². The first kappa shape index (κ1) is 15.1. The predicted octanol–water partition coefficient (Wildman–Crippen LogP) is 2.53. The monoisotopic (exact) mass is 297 g/mol. The van der Waals surface area contributed by atoms with Crippen LogP contribution in [0.4, 0.5) is 0 Å². The van der Waals surface area contributed by atoms with Crippen molar-refractivity contribution in [2.75, 3.05) is 13.2 Å². The Morgan fingerprint density at radius 2 is 1.95 bits per heavy atom. The van der Waals surface area contributed by atoms with Gasteiger partial charge in [-0.15, -0.1) is 0 Å². The zero-order valence-electron chi connectivity index (χ0n) is 11.4. The van der Waals surface area contributed by atoms with Gasteiger partial charge in [0.05, 0.1) is 18.6 Å². The second-order valence-electron chi connectivity index (χ2n) is 5.26. The summed E-state index contributed by atoms with van der Waals surface area (Å²) in [6.45, 7) is 0.651. The normalized spacial score (nSPS) is 16.9. The number of hydrogen-bond donors (Lipinski definition) is 2. The Morgan fingerprint density at radius 3 is 2.60 bits per heavy atom. The molecule has 0 aliphatic heterocycles. The molecule has 110 valence electrons. The second-order valence-corrected chi connectivity index (χ2v) is 5.70. The predicted molar refractivity (Wildman–Crippen MR) is 78.0 cm³/mol. The largest absolute Gasteiger partial charge is 0.493 e. The summed E-state index contributed by atoms with van der Waals surface area (Å²) in [5, 5.41) is 13.5. The lowest BCUT2D eigenvalue weighted by atomic mass is 10.0. The van der Waals surface area contributed by atoms with Crippen LogP contribution in [0.25, 0.3) is 0 Å². The van der Waals surface area contributed by atoms with E-state index >= 15 is 0 Å². The van der Waals surface area contributed by atoms with Crippen molar-refractivity contribution in [1.29, 1.82) is 0 Å². The molecular formula is C15H20ClNO3. The molecule has 0 heterocycles. The number of nitrogens with one attached hydrogen (secondary N) is 1. The first-order valence-electron chi connectivity index (χ1n) is 6.95. The number of rotatable bonds is 6. The molecule has 20 heavy (non-hydrogen) atoms. The first-order chi connectivity index (χ1) is 9.57. The minimum atomic E-state index is -0.702. The van der Waals surface area contributed by atoms with Crippen LogP contribution in [0.1, 0.15) is 32.1 Å². The van der Waals surface area contributed by atoms with Gasteiger partial charge in [-0.3, -0.25) is 4.79 Å². The van der Waals surface area contributed by atoms with Crippen LogP contribution in [-0.4, -0.2) is 29.8 Å². The van der Waals surface area contributed by atoms with Crippen molar-refractivity contribution < 1.29 is 14.6 Å². The van der Waals surface area contributed by atoms with Gasteiger partial charge in [0.1, 0.15) is 5.75 Å². The third-order valence-corrected chi connectivity index (χ3v) is 3.81. The van der Waals surface area contributed by atoms with Gasteiger partial charge in [-0.2, -0.15) is 0 Å². The van der Waals surface area contributed by atoms with Gasteiger partial charge in [0.15, 0.2) is 0 Å². The fourth-order valence-electron chi connectivity index (χ4n) is 2.35. The second kappa shape index (κ2) is 6.95. The Kier molecular flexibility index (Phi) is 5.26. The Morgan fingerprint density at radius 1 is 1.30 bits per heavy atom. The molecule has 0 aromatic heterocycles. The molecule has 4 nitrogen and oxygen atoms in total. The highest BCUT2D eigenvalue weighted by Gasteiger charge is 2.31. The van der Waals surface area contributed by atoms with E-state index in [2.05, 4.69) is 5.32 Å². The van der Waals surface area contributed by atoms with Gasteiger partial charge in [0.2, 0.25) is 5.91 Å². The van der Waals surface area contributed by atoms with Crippen LogP contribution >= 0.6 is 11.6 Å². The lowest BCUT2D eigenvalue weighted by Gasteiger charge is -2.22. The van der Waals surface area contributed by atoms with Crippen molar-refractivity contribution in [2.45, 2.75) is 37.7 Å². The molecule has 2 rings (SSSR count). The standard InChI is InChI=1S/C15H20ClNO3/c16-12-3-5-13(6-4-12)20-10-7-14(18)17-11-15(19)8-1-2-9-15/h3-6,19H,1-2,7-11H2,(H,17,18). The summed E-state index contributed by atoms with van der Waals surface area (Å²) in [6, 6.07) is 7.02. The third kappa shape index (κ3) is 4.69. The molecule has 1 amide bonds. The average molecular weight is 298 g/mol. The third-order valence-electron chi connectivity index (χ3n) is 3.56. The van der Waals surface area contributed by atoms with Crippen molar-refractivity contribution in [3.05, 3.63) is 29.3 Å². The Labute approximate surface area is 124 Å². The number of amides is 1. The number of carbonyl (C=O) groups excluding carboxylic acids is 1. The number of ether oxygens (including phenoxy) is 1. The Hall–Kier alpha value is -1.26. The number of carbonyl (C=O) groups is 1. The van der Waals surface area contributed by atoms with Gasteiger partial charge in [-0.1, -0.05) is 24.4 Å². The van der Waals surface area contributed by atoms with E-state index in [1.54, 1.807) is 24.3 Å². The topological polar surface area (TPSA) is 58.6 Å². The molecule has 0 spiro atoms. The lowest BCUT2D eigenvalue weighted by Crippen LogP contribution is -2.41. The Bertz CT molecular complexity index is 441. The summed E-state index contributed by atoms with van der Waals surface area (Å²) in [7, 11) is 0. The van der Waals surface area contributed by atoms with Gasteiger partial charge in [0.25, 0.3) is 0 Å². The van der Waals surface area contributed by atoms with Gasteiger partial charge >= 0.3 is 0 Å². The molecule has 1 fully saturated rings. The van der Waals surface area contributed by atoms with Crippen LogP contribution in [0.15, 0.2) is 24.3 Å².